The Hall–Kier alpha value is -2.21. The Labute approximate surface area is 130 Å². The van der Waals surface area contributed by atoms with E-state index in [9.17, 15) is 5.11 Å². The van der Waals surface area contributed by atoms with Crippen molar-refractivity contribution in [1.29, 1.82) is 0 Å². The molecule has 1 saturated heterocycles. The summed E-state index contributed by atoms with van der Waals surface area (Å²) < 4.78 is 0. The summed E-state index contributed by atoms with van der Waals surface area (Å²) in [7, 11) is 0. The molecule has 1 aliphatic rings. The molecule has 1 atom stereocenters. The Morgan fingerprint density at radius 3 is 3.09 bits per heavy atom. The van der Waals surface area contributed by atoms with Gasteiger partial charge in [0, 0.05) is 37.2 Å². The molecule has 0 spiro atoms. The van der Waals surface area contributed by atoms with Crippen molar-refractivity contribution in [2.75, 3.05) is 23.4 Å². The Balaban J connectivity index is 1.75. The third-order valence-electron chi connectivity index (χ3n) is 3.88. The molecule has 2 aromatic heterocycles. The maximum Gasteiger partial charge on any atom is 0.227 e. The molecule has 0 amide bonds. The second-order valence-corrected chi connectivity index (χ2v) is 5.58. The fourth-order valence-electron chi connectivity index (χ4n) is 2.76. The third-order valence-corrected chi connectivity index (χ3v) is 3.88. The van der Waals surface area contributed by atoms with Gasteiger partial charge < -0.3 is 15.3 Å². The minimum atomic E-state index is 0.132. The average molecular weight is 299 g/mol. The first-order chi connectivity index (χ1) is 10.8. The number of anilines is 2. The molecule has 1 unspecified atom stereocenters. The number of aliphatic hydroxyl groups excluding tert-OH is 1. The molecule has 0 bridgehead atoms. The average Bonchev–Trinajstić information content (AvgIpc) is 3.02. The SMILES string of the molecule is Cc1cc(NCc2cccnc2)nc(N2CCCC2CO)n1. The molecule has 0 aliphatic carbocycles. The maximum absolute atomic E-state index is 9.47. The predicted octanol–water partition coefficient (Wildman–Crippen LogP) is 1.75. The van der Waals surface area contributed by atoms with E-state index in [1.165, 1.54) is 0 Å². The van der Waals surface area contributed by atoms with Crippen LogP contribution in [0, 0.1) is 6.92 Å². The lowest BCUT2D eigenvalue weighted by atomic mass is 10.2. The lowest BCUT2D eigenvalue weighted by Gasteiger charge is -2.23. The number of hydrogen-bond acceptors (Lipinski definition) is 6. The van der Waals surface area contributed by atoms with E-state index < -0.39 is 0 Å². The first-order valence-corrected chi connectivity index (χ1v) is 7.62. The molecule has 1 aliphatic heterocycles. The highest BCUT2D eigenvalue weighted by atomic mass is 16.3. The molecular weight excluding hydrogens is 278 g/mol. The summed E-state index contributed by atoms with van der Waals surface area (Å²) in [5.41, 5.74) is 2.02. The van der Waals surface area contributed by atoms with E-state index in [1.54, 1.807) is 6.20 Å². The first-order valence-electron chi connectivity index (χ1n) is 7.62. The van der Waals surface area contributed by atoms with E-state index >= 15 is 0 Å². The number of nitrogens with one attached hydrogen (secondary N) is 1. The highest BCUT2D eigenvalue weighted by molar-refractivity contribution is 5.45. The second kappa shape index (κ2) is 6.70. The van der Waals surface area contributed by atoms with Gasteiger partial charge in [0.2, 0.25) is 5.95 Å². The molecule has 3 rings (SSSR count). The van der Waals surface area contributed by atoms with E-state index in [1.807, 2.05) is 31.3 Å². The van der Waals surface area contributed by atoms with Crippen molar-refractivity contribution in [3.8, 4) is 0 Å². The molecule has 0 aromatic carbocycles. The fourth-order valence-corrected chi connectivity index (χ4v) is 2.76. The number of nitrogens with zero attached hydrogens (tertiary/aromatic N) is 4. The molecule has 3 heterocycles. The van der Waals surface area contributed by atoms with Crippen LogP contribution >= 0.6 is 0 Å². The van der Waals surface area contributed by atoms with Crippen molar-refractivity contribution in [3.63, 3.8) is 0 Å². The van der Waals surface area contributed by atoms with Crippen LogP contribution in [0.2, 0.25) is 0 Å². The van der Waals surface area contributed by atoms with Gasteiger partial charge in [0.1, 0.15) is 5.82 Å². The predicted molar refractivity (Wildman–Crippen MR) is 85.8 cm³/mol. The van der Waals surface area contributed by atoms with E-state index in [0.717, 1.165) is 36.5 Å². The number of rotatable bonds is 5. The summed E-state index contributed by atoms with van der Waals surface area (Å²) >= 11 is 0. The van der Waals surface area contributed by atoms with E-state index in [4.69, 9.17) is 0 Å². The number of aryl methyl sites for hydroxylation is 1. The molecule has 22 heavy (non-hydrogen) atoms. The van der Waals surface area contributed by atoms with Gasteiger partial charge in [-0.05, 0) is 31.4 Å². The van der Waals surface area contributed by atoms with Crippen LogP contribution in [0.4, 0.5) is 11.8 Å². The van der Waals surface area contributed by atoms with Gasteiger partial charge in [-0.3, -0.25) is 4.98 Å². The minimum absolute atomic E-state index is 0.132. The topological polar surface area (TPSA) is 74.2 Å². The highest BCUT2D eigenvalue weighted by Crippen LogP contribution is 2.23. The maximum atomic E-state index is 9.47. The Morgan fingerprint density at radius 1 is 1.41 bits per heavy atom. The molecular formula is C16H21N5O. The first kappa shape index (κ1) is 14.7. The van der Waals surface area contributed by atoms with Crippen LogP contribution in [0.15, 0.2) is 30.6 Å². The zero-order valence-corrected chi connectivity index (χ0v) is 12.7. The zero-order valence-electron chi connectivity index (χ0n) is 12.7. The van der Waals surface area contributed by atoms with Crippen LogP contribution in [-0.4, -0.2) is 39.3 Å². The smallest absolute Gasteiger partial charge is 0.227 e. The normalized spacial score (nSPS) is 17.7. The summed E-state index contributed by atoms with van der Waals surface area (Å²) in [5.74, 6) is 1.50. The number of aliphatic hydroxyl groups is 1. The molecule has 2 N–H and O–H groups in total. The minimum Gasteiger partial charge on any atom is -0.394 e. The standard InChI is InChI=1S/C16H21N5O/c1-12-8-15(18-10-13-4-2-6-17-9-13)20-16(19-12)21-7-3-5-14(21)11-22/h2,4,6,8-9,14,22H,3,5,7,10-11H2,1H3,(H,18,19,20). The highest BCUT2D eigenvalue weighted by Gasteiger charge is 2.26. The van der Waals surface area contributed by atoms with Crippen molar-refractivity contribution in [1.82, 2.24) is 15.0 Å². The van der Waals surface area contributed by atoms with Gasteiger partial charge in [-0.1, -0.05) is 6.07 Å². The number of hydrogen-bond donors (Lipinski definition) is 2. The lowest BCUT2D eigenvalue weighted by molar-refractivity contribution is 0.265. The van der Waals surface area contributed by atoms with E-state index in [0.29, 0.717) is 12.5 Å². The van der Waals surface area contributed by atoms with Crippen molar-refractivity contribution < 1.29 is 5.11 Å². The van der Waals surface area contributed by atoms with Crippen LogP contribution < -0.4 is 10.2 Å². The summed E-state index contributed by atoms with van der Waals surface area (Å²) in [6.45, 7) is 3.68. The van der Waals surface area contributed by atoms with Gasteiger partial charge in [-0.25, -0.2) is 4.98 Å². The van der Waals surface area contributed by atoms with E-state index in [-0.39, 0.29) is 12.6 Å². The number of aromatic nitrogens is 3. The Kier molecular flexibility index (Phi) is 4.48. The van der Waals surface area contributed by atoms with Crippen molar-refractivity contribution >= 4 is 11.8 Å². The molecule has 6 nitrogen and oxygen atoms in total. The van der Waals surface area contributed by atoms with E-state index in [2.05, 4.69) is 25.2 Å². The molecule has 116 valence electrons. The number of pyridine rings is 1. The fraction of sp³-hybridized carbons (Fsp3) is 0.438. The lowest BCUT2D eigenvalue weighted by Crippen LogP contribution is -2.33. The molecule has 1 fully saturated rings. The summed E-state index contributed by atoms with van der Waals surface area (Å²) in [5, 5.41) is 12.8. The monoisotopic (exact) mass is 299 g/mol. The summed E-state index contributed by atoms with van der Waals surface area (Å²) in [4.78, 5) is 15.3. The zero-order chi connectivity index (χ0) is 15.4. The van der Waals surface area contributed by atoms with Gasteiger partial charge in [0.05, 0.1) is 12.6 Å². The van der Waals surface area contributed by atoms with Crippen LogP contribution in [0.1, 0.15) is 24.1 Å². The molecule has 0 radical (unpaired) electrons. The summed E-state index contributed by atoms with van der Waals surface area (Å²) in [6.07, 6.45) is 5.66. The van der Waals surface area contributed by atoms with Crippen LogP contribution in [0.25, 0.3) is 0 Å². The third kappa shape index (κ3) is 3.33. The molecule has 6 heteroatoms. The van der Waals surface area contributed by atoms with Crippen LogP contribution in [0.5, 0.6) is 0 Å². The van der Waals surface area contributed by atoms with Gasteiger partial charge in [0.25, 0.3) is 0 Å². The van der Waals surface area contributed by atoms with Crippen molar-refractivity contribution in [2.24, 2.45) is 0 Å². The largest absolute Gasteiger partial charge is 0.394 e. The van der Waals surface area contributed by atoms with Crippen LogP contribution in [0.3, 0.4) is 0 Å². The molecule has 0 saturated carbocycles. The quantitative estimate of drug-likeness (QED) is 0.876. The van der Waals surface area contributed by atoms with Crippen LogP contribution in [-0.2, 0) is 6.54 Å². The second-order valence-electron chi connectivity index (χ2n) is 5.58. The Morgan fingerprint density at radius 2 is 2.32 bits per heavy atom. The Bertz CT molecular complexity index is 619. The van der Waals surface area contributed by atoms with Gasteiger partial charge >= 0.3 is 0 Å². The summed E-state index contributed by atoms with van der Waals surface area (Å²) in [6, 6.07) is 6.01. The van der Waals surface area contributed by atoms with Gasteiger partial charge in [-0.15, -0.1) is 0 Å². The van der Waals surface area contributed by atoms with Gasteiger partial charge in [0.15, 0.2) is 0 Å². The van der Waals surface area contributed by atoms with Gasteiger partial charge in [-0.2, -0.15) is 4.98 Å². The van der Waals surface area contributed by atoms with Crippen molar-refractivity contribution in [3.05, 3.63) is 41.9 Å². The molecule has 2 aromatic rings. The van der Waals surface area contributed by atoms with Crippen molar-refractivity contribution in [2.45, 2.75) is 32.4 Å².